The quantitative estimate of drug-likeness (QED) is 0.822. The summed E-state index contributed by atoms with van der Waals surface area (Å²) in [6.07, 6.45) is 3.42. The SMILES string of the molecule is NCC(C(=O)O)c1ccccc1-n1cccn1. The molecule has 0 aliphatic rings. The summed E-state index contributed by atoms with van der Waals surface area (Å²) < 4.78 is 1.64. The van der Waals surface area contributed by atoms with E-state index in [1.807, 2.05) is 12.1 Å². The number of rotatable bonds is 4. The lowest BCUT2D eigenvalue weighted by atomic mass is 9.97. The van der Waals surface area contributed by atoms with E-state index in [1.54, 1.807) is 35.3 Å². The minimum Gasteiger partial charge on any atom is -0.481 e. The number of nitrogens with two attached hydrogens (primary N) is 1. The molecule has 2 rings (SSSR count). The first-order chi connectivity index (χ1) is 8.24. The van der Waals surface area contributed by atoms with Crippen LogP contribution in [0.15, 0.2) is 42.7 Å². The first kappa shape index (κ1) is 11.3. The van der Waals surface area contributed by atoms with Crippen LogP contribution in [0.3, 0.4) is 0 Å². The van der Waals surface area contributed by atoms with Gasteiger partial charge in [-0.05, 0) is 17.7 Å². The van der Waals surface area contributed by atoms with E-state index in [4.69, 9.17) is 10.8 Å². The summed E-state index contributed by atoms with van der Waals surface area (Å²) in [5, 5.41) is 13.2. The molecule has 17 heavy (non-hydrogen) atoms. The van der Waals surface area contributed by atoms with Crippen molar-refractivity contribution in [1.82, 2.24) is 9.78 Å². The zero-order valence-corrected chi connectivity index (χ0v) is 9.15. The highest BCUT2D eigenvalue weighted by Gasteiger charge is 2.21. The molecule has 1 aromatic heterocycles. The Kier molecular flexibility index (Phi) is 3.20. The number of nitrogens with zero attached hydrogens (tertiary/aromatic N) is 2. The molecule has 88 valence electrons. The summed E-state index contributed by atoms with van der Waals surface area (Å²) in [6.45, 7) is 0.0631. The molecule has 1 heterocycles. The maximum Gasteiger partial charge on any atom is 0.312 e. The summed E-state index contributed by atoms with van der Waals surface area (Å²) in [5.41, 5.74) is 6.94. The average molecular weight is 231 g/mol. The van der Waals surface area contributed by atoms with E-state index in [-0.39, 0.29) is 6.54 Å². The number of carboxylic acid groups (broad SMARTS) is 1. The first-order valence-electron chi connectivity index (χ1n) is 5.26. The molecule has 0 aliphatic heterocycles. The molecular weight excluding hydrogens is 218 g/mol. The molecule has 2 aromatic rings. The lowest BCUT2D eigenvalue weighted by molar-refractivity contribution is -0.138. The van der Waals surface area contributed by atoms with Crippen molar-refractivity contribution < 1.29 is 9.90 Å². The highest BCUT2D eigenvalue weighted by molar-refractivity contribution is 5.78. The van der Waals surface area contributed by atoms with Gasteiger partial charge in [0.25, 0.3) is 0 Å². The monoisotopic (exact) mass is 231 g/mol. The van der Waals surface area contributed by atoms with Crippen molar-refractivity contribution in [3.8, 4) is 5.69 Å². The molecule has 5 nitrogen and oxygen atoms in total. The van der Waals surface area contributed by atoms with Gasteiger partial charge >= 0.3 is 5.97 Å². The van der Waals surface area contributed by atoms with Crippen LogP contribution in [0.5, 0.6) is 0 Å². The van der Waals surface area contributed by atoms with Gasteiger partial charge in [0.1, 0.15) is 0 Å². The zero-order valence-electron chi connectivity index (χ0n) is 9.15. The van der Waals surface area contributed by atoms with Gasteiger partial charge in [-0.15, -0.1) is 0 Å². The number of para-hydroxylation sites is 1. The van der Waals surface area contributed by atoms with Gasteiger partial charge in [-0.2, -0.15) is 5.10 Å². The Morgan fingerprint density at radius 1 is 1.41 bits per heavy atom. The number of hydrogen-bond acceptors (Lipinski definition) is 3. The fourth-order valence-corrected chi connectivity index (χ4v) is 1.76. The van der Waals surface area contributed by atoms with Gasteiger partial charge in [-0.3, -0.25) is 4.79 Å². The van der Waals surface area contributed by atoms with E-state index in [9.17, 15) is 4.79 Å². The van der Waals surface area contributed by atoms with Gasteiger partial charge in [0, 0.05) is 18.9 Å². The van der Waals surface area contributed by atoms with E-state index >= 15 is 0 Å². The van der Waals surface area contributed by atoms with Gasteiger partial charge in [0.15, 0.2) is 0 Å². The topological polar surface area (TPSA) is 81.1 Å². The smallest absolute Gasteiger partial charge is 0.312 e. The molecule has 0 radical (unpaired) electrons. The van der Waals surface area contributed by atoms with Crippen molar-refractivity contribution >= 4 is 5.97 Å². The van der Waals surface area contributed by atoms with Gasteiger partial charge in [-0.1, -0.05) is 18.2 Å². The third-order valence-corrected chi connectivity index (χ3v) is 2.60. The van der Waals surface area contributed by atoms with Crippen LogP contribution in [0.25, 0.3) is 5.69 Å². The number of aromatic nitrogens is 2. The van der Waals surface area contributed by atoms with Crippen LogP contribution in [-0.4, -0.2) is 27.4 Å². The zero-order chi connectivity index (χ0) is 12.3. The fourth-order valence-electron chi connectivity index (χ4n) is 1.76. The Bertz CT molecular complexity index is 508. The molecular formula is C12H13N3O2. The Hall–Kier alpha value is -2.14. The maximum absolute atomic E-state index is 11.1. The average Bonchev–Trinajstić information content (AvgIpc) is 2.83. The molecule has 5 heteroatoms. The fraction of sp³-hybridized carbons (Fsp3) is 0.167. The van der Waals surface area contributed by atoms with Crippen LogP contribution in [0.2, 0.25) is 0 Å². The normalized spacial score (nSPS) is 12.3. The number of carboxylic acids is 1. The molecule has 1 aromatic carbocycles. The molecule has 3 N–H and O–H groups in total. The van der Waals surface area contributed by atoms with Crippen molar-refractivity contribution in [2.45, 2.75) is 5.92 Å². The van der Waals surface area contributed by atoms with Crippen LogP contribution in [0.4, 0.5) is 0 Å². The van der Waals surface area contributed by atoms with E-state index in [1.165, 1.54) is 0 Å². The van der Waals surface area contributed by atoms with Crippen LogP contribution in [-0.2, 0) is 4.79 Å². The van der Waals surface area contributed by atoms with E-state index in [0.29, 0.717) is 5.56 Å². The van der Waals surface area contributed by atoms with Crippen LogP contribution in [0, 0.1) is 0 Å². The summed E-state index contributed by atoms with van der Waals surface area (Å²) in [7, 11) is 0. The Morgan fingerprint density at radius 3 is 2.76 bits per heavy atom. The number of hydrogen-bond donors (Lipinski definition) is 2. The molecule has 0 amide bonds. The summed E-state index contributed by atoms with van der Waals surface area (Å²) in [5.74, 6) is -1.64. The summed E-state index contributed by atoms with van der Waals surface area (Å²) in [4.78, 5) is 11.1. The Morgan fingerprint density at radius 2 is 2.18 bits per heavy atom. The van der Waals surface area contributed by atoms with Crippen molar-refractivity contribution in [3.05, 3.63) is 48.3 Å². The molecule has 0 saturated heterocycles. The lowest BCUT2D eigenvalue weighted by Crippen LogP contribution is -2.22. The number of benzene rings is 1. The third-order valence-electron chi connectivity index (χ3n) is 2.60. The van der Waals surface area contributed by atoms with E-state index in [2.05, 4.69) is 5.10 Å². The third kappa shape index (κ3) is 2.19. The van der Waals surface area contributed by atoms with E-state index in [0.717, 1.165) is 5.69 Å². The van der Waals surface area contributed by atoms with Gasteiger partial charge in [-0.25, -0.2) is 4.68 Å². The summed E-state index contributed by atoms with van der Waals surface area (Å²) in [6, 6.07) is 9.02. The van der Waals surface area contributed by atoms with Crippen molar-refractivity contribution in [2.24, 2.45) is 5.73 Å². The predicted molar refractivity (Wildman–Crippen MR) is 63.0 cm³/mol. The molecule has 1 unspecified atom stereocenters. The molecule has 0 saturated carbocycles. The second-order valence-electron chi connectivity index (χ2n) is 3.64. The largest absolute Gasteiger partial charge is 0.481 e. The predicted octanol–water partition coefficient (Wildman–Crippen LogP) is 0.999. The number of carbonyl (C=O) groups is 1. The Balaban J connectivity index is 2.51. The Labute approximate surface area is 98.5 Å². The van der Waals surface area contributed by atoms with Crippen LogP contribution in [0.1, 0.15) is 11.5 Å². The van der Waals surface area contributed by atoms with Crippen molar-refractivity contribution in [1.29, 1.82) is 0 Å². The first-order valence-corrected chi connectivity index (χ1v) is 5.26. The van der Waals surface area contributed by atoms with E-state index < -0.39 is 11.9 Å². The lowest BCUT2D eigenvalue weighted by Gasteiger charge is -2.14. The molecule has 0 fully saturated rings. The molecule has 1 atom stereocenters. The van der Waals surface area contributed by atoms with Gasteiger partial charge in [0.05, 0.1) is 11.6 Å². The second-order valence-corrected chi connectivity index (χ2v) is 3.64. The standard InChI is InChI=1S/C12H13N3O2/c13-8-10(12(16)17)9-4-1-2-5-11(9)15-7-3-6-14-15/h1-7,10H,8,13H2,(H,16,17). The highest BCUT2D eigenvalue weighted by Crippen LogP contribution is 2.22. The second kappa shape index (κ2) is 4.80. The molecule has 0 bridgehead atoms. The minimum absolute atomic E-state index is 0.0631. The minimum atomic E-state index is -0.924. The molecule has 0 aliphatic carbocycles. The van der Waals surface area contributed by atoms with Crippen LogP contribution < -0.4 is 5.73 Å². The maximum atomic E-state index is 11.1. The number of aliphatic carboxylic acids is 1. The van der Waals surface area contributed by atoms with Crippen molar-refractivity contribution in [3.63, 3.8) is 0 Å². The van der Waals surface area contributed by atoms with Crippen molar-refractivity contribution in [2.75, 3.05) is 6.54 Å². The van der Waals surface area contributed by atoms with Gasteiger partial charge < -0.3 is 10.8 Å². The molecule has 0 spiro atoms. The highest BCUT2D eigenvalue weighted by atomic mass is 16.4. The summed E-state index contributed by atoms with van der Waals surface area (Å²) >= 11 is 0. The van der Waals surface area contributed by atoms with Crippen LogP contribution >= 0.6 is 0 Å². The van der Waals surface area contributed by atoms with Gasteiger partial charge in [0.2, 0.25) is 0 Å².